The molecule has 2 atom stereocenters. The van der Waals surface area contributed by atoms with Gasteiger partial charge in [0.05, 0.1) is 0 Å². The molecule has 0 radical (unpaired) electrons. The van der Waals surface area contributed by atoms with Gasteiger partial charge in [-0.3, -0.25) is 4.79 Å². The van der Waals surface area contributed by atoms with Gasteiger partial charge in [0, 0.05) is 28.5 Å². The number of rotatable bonds is 2. The number of hydrogen-bond acceptors (Lipinski definition) is 1. The van der Waals surface area contributed by atoms with Crippen molar-refractivity contribution in [2.45, 2.75) is 26.3 Å². The molecular weight excluding hydrogens is 314 g/mol. The van der Waals surface area contributed by atoms with Crippen molar-refractivity contribution in [1.82, 2.24) is 4.90 Å². The van der Waals surface area contributed by atoms with E-state index in [0.29, 0.717) is 16.5 Å². The molecule has 0 N–H and O–H groups in total. The summed E-state index contributed by atoms with van der Waals surface area (Å²) in [6, 6.07) is 5.82. The maximum Gasteiger partial charge on any atom is 0.254 e. The maximum atomic E-state index is 12.5. The average molecular weight is 331 g/mol. The quantitative estimate of drug-likeness (QED) is 0.753. The lowest BCUT2D eigenvalue weighted by Gasteiger charge is -2.25. The van der Waals surface area contributed by atoms with Crippen molar-refractivity contribution in [2.75, 3.05) is 11.9 Å². The zero-order chi connectivity index (χ0) is 13.3. The Hall–Kier alpha value is -0.540. The molecule has 1 aromatic carbocycles. The number of halogens is 2. The smallest absolute Gasteiger partial charge is 0.254 e. The predicted octanol–water partition coefficient (Wildman–Crippen LogP) is 3.89. The second kappa shape index (κ2) is 5.62. The molecule has 0 saturated carbocycles. The zero-order valence-electron chi connectivity index (χ0n) is 10.6. The minimum atomic E-state index is 0.0886. The molecule has 1 amide bonds. The van der Waals surface area contributed by atoms with Crippen LogP contribution in [0.3, 0.4) is 0 Å². The summed E-state index contributed by atoms with van der Waals surface area (Å²) in [5.74, 6) is 0.639. The largest absolute Gasteiger partial charge is 0.335 e. The summed E-state index contributed by atoms with van der Waals surface area (Å²) < 4.78 is 0. The van der Waals surface area contributed by atoms with Gasteiger partial charge in [0.15, 0.2) is 0 Å². The van der Waals surface area contributed by atoms with E-state index in [1.165, 1.54) is 0 Å². The van der Waals surface area contributed by atoms with Gasteiger partial charge in [0.2, 0.25) is 0 Å². The van der Waals surface area contributed by atoms with Crippen LogP contribution in [0.2, 0.25) is 5.02 Å². The number of nitrogens with zero attached hydrogens (tertiary/aromatic N) is 1. The summed E-state index contributed by atoms with van der Waals surface area (Å²) >= 11 is 9.59. The number of amides is 1. The summed E-state index contributed by atoms with van der Waals surface area (Å²) in [5.41, 5.74) is 1.69. The molecule has 1 saturated heterocycles. The van der Waals surface area contributed by atoms with Crippen LogP contribution in [-0.2, 0) is 0 Å². The number of hydrogen-bond donors (Lipinski definition) is 0. The molecule has 2 rings (SSSR count). The summed E-state index contributed by atoms with van der Waals surface area (Å²) in [5, 5.41) is 1.49. The Morgan fingerprint density at radius 1 is 1.56 bits per heavy atom. The lowest BCUT2D eigenvalue weighted by Crippen LogP contribution is -2.38. The van der Waals surface area contributed by atoms with Gasteiger partial charge >= 0.3 is 0 Å². The fraction of sp³-hybridized carbons (Fsp3) is 0.500. The molecular formula is C14H17BrClNO. The van der Waals surface area contributed by atoms with E-state index in [1.807, 2.05) is 24.0 Å². The average Bonchev–Trinajstić information content (AvgIpc) is 2.73. The van der Waals surface area contributed by atoms with Gasteiger partial charge in [-0.2, -0.15) is 0 Å². The molecule has 18 heavy (non-hydrogen) atoms. The Balaban J connectivity index is 2.23. The third-order valence-electron chi connectivity index (χ3n) is 3.72. The van der Waals surface area contributed by atoms with Gasteiger partial charge in [-0.05, 0) is 37.0 Å². The van der Waals surface area contributed by atoms with Crippen LogP contribution in [0.4, 0.5) is 0 Å². The van der Waals surface area contributed by atoms with Crippen molar-refractivity contribution in [1.29, 1.82) is 0 Å². The molecule has 2 nitrogen and oxygen atoms in total. The Morgan fingerprint density at radius 3 is 2.89 bits per heavy atom. The second-order valence-corrected chi connectivity index (χ2v) is 6.00. The highest BCUT2D eigenvalue weighted by molar-refractivity contribution is 9.09. The lowest BCUT2D eigenvalue weighted by atomic mass is 10.0. The minimum Gasteiger partial charge on any atom is -0.335 e. The molecule has 4 heteroatoms. The first kappa shape index (κ1) is 13.9. The zero-order valence-corrected chi connectivity index (χ0v) is 13.0. The van der Waals surface area contributed by atoms with Crippen molar-refractivity contribution in [3.05, 3.63) is 34.3 Å². The first-order valence-electron chi connectivity index (χ1n) is 6.17. The fourth-order valence-electron chi connectivity index (χ4n) is 2.39. The first-order chi connectivity index (χ1) is 8.54. The molecule has 0 bridgehead atoms. The van der Waals surface area contributed by atoms with E-state index >= 15 is 0 Å². The van der Waals surface area contributed by atoms with Gasteiger partial charge < -0.3 is 4.90 Å². The number of benzene rings is 1. The molecule has 2 unspecified atom stereocenters. The standard InChI is InChI=1S/C14H17BrClNO/c1-9-3-4-11(7-12(9)16)14(18)17-6-5-10(2)13(17)8-15/h3-4,7,10,13H,5-6,8H2,1-2H3. The van der Waals surface area contributed by atoms with E-state index in [-0.39, 0.29) is 11.9 Å². The Kier molecular flexibility index (Phi) is 4.33. The molecule has 0 spiro atoms. The van der Waals surface area contributed by atoms with Crippen LogP contribution in [0, 0.1) is 12.8 Å². The normalized spacial score (nSPS) is 23.4. The fourth-order valence-corrected chi connectivity index (χ4v) is 3.56. The maximum absolute atomic E-state index is 12.5. The van der Waals surface area contributed by atoms with Crippen LogP contribution in [0.1, 0.15) is 29.3 Å². The first-order valence-corrected chi connectivity index (χ1v) is 7.67. The van der Waals surface area contributed by atoms with Gasteiger partial charge in [-0.1, -0.05) is 40.5 Å². The van der Waals surface area contributed by atoms with Crippen molar-refractivity contribution in [3.8, 4) is 0 Å². The summed E-state index contributed by atoms with van der Waals surface area (Å²) in [7, 11) is 0. The van der Waals surface area contributed by atoms with Gasteiger partial charge in [-0.15, -0.1) is 0 Å². The topological polar surface area (TPSA) is 20.3 Å². The van der Waals surface area contributed by atoms with E-state index in [9.17, 15) is 4.79 Å². The Bertz CT molecular complexity index is 463. The summed E-state index contributed by atoms with van der Waals surface area (Å²) in [6.07, 6.45) is 1.07. The van der Waals surface area contributed by atoms with Gasteiger partial charge in [0.1, 0.15) is 0 Å². The van der Waals surface area contributed by atoms with E-state index in [4.69, 9.17) is 11.6 Å². The number of carbonyl (C=O) groups is 1. The van der Waals surface area contributed by atoms with Crippen molar-refractivity contribution < 1.29 is 4.79 Å². The third kappa shape index (κ3) is 2.57. The van der Waals surface area contributed by atoms with Crippen LogP contribution in [0.5, 0.6) is 0 Å². The van der Waals surface area contributed by atoms with Crippen LogP contribution in [0.15, 0.2) is 18.2 Å². The van der Waals surface area contributed by atoms with Crippen LogP contribution in [0.25, 0.3) is 0 Å². The molecule has 98 valence electrons. The van der Waals surface area contributed by atoms with Crippen LogP contribution >= 0.6 is 27.5 Å². The number of likely N-dealkylation sites (tertiary alicyclic amines) is 1. The highest BCUT2D eigenvalue weighted by atomic mass is 79.9. The molecule has 1 aromatic rings. The second-order valence-electron chi connectivity index (χ2n) is 4.95. The lowest BCUT2D eigenvalue weighted by molar-refractivity contribution is 0.0738. The van der Waals surface area contributed by atoms with E-state index in [0.717, 1.165) is 23.9 Å². The highest BCUT2D eigenvalue weighted by Crippen LogP contribution is 2.28. The molecule has 0 aliphatic carbocycles. The predicted molar refractivity (Wildman–Crippen MR) is 78.6 cm³/mol. The van der Waals surface area contributed by atoms with Crippen molar-refractivity contribution in [3.63, 3.8) is 0 Å². The van der Waals surface area contributed by atoms with E-state index in [2.05, 4.69) is 22.9 Å². The van der Waals surface area contributed by atoms with E-state index < -0.39 is 0 Å². The van der Waals surface area contributed by atoms with Gasteiger partial charge in [0.25, 0.3) is 5.91 Å². The molecule has 1 fully saturated rings. The number of carbonyl (C=O) groups excluding carboxylic acids is 1. The highest BCUT2D eigenvalue weighted by Gasteiger charge is 2.33. The molecule has 0 aromatic heterocycles. The third-order valence-corrected chi connectivity index (χ3v) is 4.79. The van der Waals surface area contributed by atoms with Gasteiger partial charge in [-0.25, -0.2) is 0 Å². The van der Waals surface area contributed by atoms with E-state index in [1.54, 1.807) is 6.07 Å². The Morgan fingerprint density at radius 2 is 2.28 bits per heavy atom. The summed E-state index contributed by atoms with van der Waals surface area (Å²) in [6.45, 7) is 4.97. The molecule has 1 aliphatic heterocycles. The number of alkyl halides is 1. The minimum absolute atomic E-state index is 0.0886. The Labute approximate surface area is 121 Å². The molecule has 1 heterocycles. The van der Waals surface area contributed by atoms with Crippen molar-refractivity contribution in [2.24, 2.45) is 5.92 Å². The van der Waals surface area contributed by atoms with Crippen LogP contribution in [-0.4, -0.2) is 28.7 Å². The number of aryl methyl sites for hydroxylation is 1. The monoisotopic (exact) mass is 329 g/mol. The molecule has 1 aliphatic rings. The van der Waals surface area contributed by atoms with Crippen molar-refractivity contribution >= 4 is 33.4 Å². The summed E-state index contributed by atoms with van der Waals surface area (Å²) in [4.78, 5) is 14.4. The SMILES string of the molecule is Cc1ccc(C(=O)N2CCC(C)C2CBr)cc1Cl. The van der Waals surface area contributed by atoms with Crippen LogP contribution < -0.4 is 0 Å².